The Bertz CT molecular complexity index is 2370. The molecule has 4 heteroatoms. The SMILES string of the molecule is C1=CCNC=C1.CCC1C=c2ccc3c(c2CC1)CC=c1cc(-c2ccc4cnn(Cc5ccc6ncccc6c5)c4c2)ccc1=3. The second-order valence-corrected chi connectivity index (χ2v) is 12.5. The van der Waals surface area contributed by atoms with Gasteiger partial charge in [0.1, 0.15) is 0 Å². The Balaban J connectivity index is 0.000000470. The lowest BCUT2D eigenvalue weighted by Gasteiger charge is -2.21. The first-order valence-corrected chi connectivity index (χ1v) is 16.6. The fourth-order valence-corrected chi connectivity index (χ4v) is 7.18. The van der Waals surface area contributed by atoms with Crippen molar-refractivity contribution in [3.63, 3.8) is 0 Å². The molecule has 3 heterocycles. The van der Waals surface area contributed by atoms with E-state index < -0.39 is 0 Å². The van der Waals surface area contributed by atoms with E-state index in [-0.39, 0.29) is 0 Å². The number of rotatable bonds is 4. The van der Waals surface area contributed by atoms with Crippen LogP contribution >= 0.6 is 0 Å². The Kier molecular flexibility index (Phi) is 7.55. The number of allylic oxidation sites excluding steroid dienone is 2. The summed E-state index contributed by atoms with van der Waals surface area (Å²) < 4.78 is 2.11. The van der Waals surface area contributed by atoms with Gasteiger partial charge in [0.2, 0.25) is 0 Å². The zero-order chi connectivity index (χ0) is 30.9. The quantitative estimate of drug-likeness (QED) is 0.231. The molecule has 4 nitrogen and oxygen atoms in total. The number of pyridine rings is 1. The van der Waals surface area contributed by atoms with Crippen molar-refractivity contribution in [2.75, 3.05) is 6.54 Å². The smallest absolute Gasteiger partial charge is 0.0702 e. The topological polar surface area (TPSA) is 42.7 Å². The van der Waals surface area contributed by atoms with Gasteiger partial charge >= 0.3 is 0 Å². The summed E-state index contributed by atoms with van der Waals surface area (Å²) in [6.07, 6.45) is 21.5. The number of hydrogen-bond donors (Lipinski definition) is 1. The first-order valence-electron chi connectivity index (χ1n) is 16.6. The van der Waals surface area contributed by atoms with Crippen LogP contribution in [0.25, 0.3) is 45.1 Å². The van der Waals surface area contributed by atoms with Crippen molar-refractivity contribution < 1.29 is 0 Å². The van der Waals surface area contributed by atoms with E-state index in [1.54, 1.807) is 11.1 Å². The molecule has 2 aliphatic carbocycles. The van der Waals surface area contributed by atoms with E-state index in [2.05, 4.69) is 113 Å². The maximum Gasteiger partial charge on any atom is 0.0702 e. The standard InChI is InChI=1S/C37H31N3.C5H7N/c1-2-24-5-12-32-28(18-24)10-14-35-33-13-9-26(20-29(33)11-15-34(32)35)27-7-8-31-22-39-40(37(31)21-27)23-25-6-16-36-30(19-25)4-3-17-38-36;1-2-4-6-5-3-1/h3-4,6-11,13-14,16-22,24H,2,5,12,15,23H2,1H3;1-4,6H,5H2. The van der Waals surface area contributed by atoms with Crippen molar-refractivity contribution in [2.45, 2.75) is 39.2 Å². The molecule has 6 aromatic rings. The maximum atomic E-state index is 4.74. The van der Waals surface area contributed by atoms with Crippen molar-refractivity contribution in [2.24, 2.45) is 5.92 Å². The Morgan fingerprint density at radius 1 is 0.848 bits per heavy atom. The van der Waals surface area contributed by atoms with Crippen molar-refractivity contribution in [1.82, 2.24) is 20.1 Å². The van der Waals surface area contributed by atoms with Crippen molar-refractivity contribution in [3.8, 4) is 11.1 Å². The number of nitrogens with zero attached hydrogens (tertiary/aromatic N) is 3. The third-order valence-corrected chi connectivity index (χ3v) is 9.71. The van der Waals surface area contributed by atoms with E-state index in [0.717, 1.165) is 47.2 Å². The average Bonchev–Trinajstić information content (AvgIpc) is 3.53. The lowest BCUT2D eigenvalue weighted by atomic mass is 9.84. The fraction of sp³-hybridized carbons (Fsp3) is 0.190. The number of nitrogens with one attached hydrogen (secondary N) is 1. The summed E-state index contributed by atoms with van der Waals surface area (Å²) in [5, 5.41) is 15.7. The molecule has 0 spiro atoms. The Hall–Kier alpha value is -5.22. The zero-order valence-corrected chi connectivity index (χ0v) is 26.3. The molecule has 0 bridgehead atoms. The summed E-state index contributed by atoms with van der Waals surface area (Å²) >= 11 is 0. The molecule has 0 radical (unpaired) electrons. The maximum absolute atomic E-state index is 4.74. The van der Waals surface area contributed by atoms with Crippen LogP contribution in [0.3, 0.4) is 0 Å². The van der Waals surface area contributed by atoms with Crippen molar-refractivity contribution in [1.29, 1.82) is 0 Å². The number of aromatic nitrogens is 3. The molecular formula is C42H38N4. The van der Waals surface area contributed by atoms with Gasteiger partial charge in [0.15, 0.2) is 0 Å². The molecule has 0 fully saturated rings. The first-order chi connectivity index (χ1) is 22.7. The van der Waals surface area contributed by atoms with Crippen LogP contribution in [0.2, 0.25) is 0 Å². The van der Waals surface area contributed by atoms with E-state index >= 15 is 0 Å². The van der Waals surface area contributed by atoms with Gasteiger partial charge in [-0.25, -0.2) is 0 Å². The minimum absolute atomic E-state index is 0.728. The molecule has 46 heavy (non-hydrogen) atoms. The van der Waals surface area contributed by atoms with Crippen molar-refractivity contribution in [3.05, 3.63) is 153 Å². The zero-order valence-electron chi connectivity index (χ0n) is 26.3. The highest BCUT2D eigenvalue weighted by molar-refractivity contribution is 5.85. The van der Waals surface area contributed by atoms with Crippen LogP contribution in [0.15, 0.2) is 116 Å². The van der Waals surface area contributed by atoms with Crippen LogP contribution in [0.1, 0.15) is 36.5 Å². The highest BCUT2D eigenvalue weighted by atomic mass is 15.3. The van der Waals surface area contributed by atoms with Gasteiger partial charge < -0.3 is 5.32 Å². The van der Waals surface area contributed by atoms with E-state index in [1.165, 1.54) is 56.8 Å². The number of benzene rings is 4. The van der Waals surface area contributed by atoms with Crippen LogP contribution in [0.5, 0.6) is 0 Å². The molecule has 0 saturated carbocycles. The molecule has 1 aliphatic heterocycles. The van der Waals surface area contributed by atoms with Crippen LogP contribution in [-0.2, 0) is 19.4 Å². The van der Waals surface area contributed by atoms with Gasteiger partial charge in [-0.15, -0.1) is 0 Å². The second-order valence-electron chi connectivity index (χ2n) is 12.5. The first kappa shape index (κ1) is 28.3. The molecule has 1 unspecified atom stereocenters. The predicted octanol–water partition coefficient (Wildman–Crippen LogP) is 7.34. The fourth-order valence-electron chi connectivity index (χ4n) is 7.18. The molecular weight excluding hydrogens is 560 g/mol. The molecule has 1 N–H and O–H groups in total. The van der Waals surface area contributed by atoms with E-state index in [4.69, 9.17) is 5.10 Å². The molecule has 0 saturated heterocycles. The molecule has 4 aromatic carbocycles. The monoisotopic (exact) mass is 598 g/mol. The highest BCUT2D eigenvalue weighted by Gasteiger charge is 2.16. The summed E-state index contributed by atoms with van der Waals surface area (Å²) in [4.78, 5) is 4.46. The van der Waals surface area contributed by atoms with Crippen LogP contribution < -0.4 is 15.8 Å². The molecule has 226 valence electrons. The Labute approximate surface area is 269 Å². The third kappa shape index (κ3) is 5.45. The second kappa shape index (κ2) is 12.3. The van der Waals surface area contributed by atoms with E-state index in [1.807, 2.05) is 36.8 Å². The van der Waals surface area contributed by atoms with Gasteiger partial charge in [-0.3, -0.25) is 9.67 Å². The molecule has 2 aromatic heterocycles. The van der Waals surface area contributed by atoms with Gasteiger partial charge in [0.25, 0.3) is 0 Å². The third-order valence-electron chi connectivity index (χ3n) is 9.71. The molecule has 3 aliphatic rings. The predicted molar refractivity (Wildman–Crippen MR) is 190 cm³/mol. The van der Waals surface area contributed by atoms with Gasteiger partial charge in [-0.1, -0.05) is 79.8 Å². The minimum Gasteiger partial charge on any atom is -0.387 e. The summed E-state index contributed by atoms with van der Waals surface area (Å²) in [6.45, 7) is 4.02. The number of hydrogen-bond acceptors (Lipinski definition) is 3. The summed E-state index contributed by atoms with van der Waals surface area (Å²) in [6, 6.07) is 29.0. The Morgan fingerprint density at radius 2 is 1.76 bits per heavy atom. The summed E-state index contributed by atoms with van der Waals surface area (Å²) in [5.74, 6) is 0.728. The highest BCUT2D eigenvalue weighted by Crippen LogP contribution is 2.26. The van der Waals surface area contributed by atoms with E-state index in [9.17, 15) is 0 Å². The molecule has 1 atom stereocenters. The van der Waals surface area contributed by atoms with Crippen LogP contribution in [0.4, 0.5) is 0 Å². The van der Waals surface area contributed by atoms with Crippen LogP contribution in [-0.4, -0.2) is 21.3 Å². The lowest BCUT2D eigenvalue weighted by molar-refractivity contribution is 0.585. The molecule has 0 amide bonds. The largest absolute Gasteiger partial charge is 0.387 e. The van der Waals surface area contributed by atoms with Gasteiger partial charge in [0.05, 0.1) is 23.8 Å². The van der Waals surface area contributed by atoms with Crippen LogP contribution in [0, 0.1) is 16.4 Å². The summed E-state index contributed by atoms with van der Waals surface area (Å²) in [5.41, 5.74) is 9.00. The lowest BCUT2D eigenvalue weighted by Crippen LogP contribution is -2.22. The van der Waals surface area contributed by atoms with Crippen molar-refractivity contribution >= 4 is 34.0 Å². The molecule has 9 rings (SSSR count). The minimum atomic E-state index is 0.728. The average molecular weight is 599 g/mol. The Morgan fingerprint density at radius 3 is 2.61 bits per heavy atom. The summed E-state index contributed by atoms with van der Waals surface area (Å²) in [7, 11) is 0. The van der Waals surface area contributed by atoms with Gasteiger partial charge in [-0.05, 0) is 123 Å². The normalized spacial score (nSPS) is 15.9. The van der Waals surface area contributed by atoms with Gasteiger partial charge in [0, 0.05) is 23.5 Å². The van der Waals surface area contributed by atoms with E-state index in [0.29, 0.717) is 0 Å². The number of dihydropyridines is 1. The number of fused-ring (bicyclic) bond motifs is 6. The van der Waals surface area contributed by atoms with Gasteiger partial charge in [-0.2, -0.15) is 5.10 Å².